The molecule has 0 aliphatic carbocycles. The van der Waals surface area contributed by atoms with Gasteiger partial charge in [-0.3, -0.25) is 14.5 Å². The van der Waals surface area contributed by atoms with Crippen LogP contribution < -0.4 is 5.32 Å². The molecular weight excluding hydrogens is 394 g/mol. The summed E-state index contributed by atoms with van der Waals surface area (Å²) in [6.07, 6.45) is 10.5. The highest BCUT2D eigenvalue weighted by atomic mass is 16.3. The van der Waals surface area contributed by atoms with Gasteiger partial charge in [-0.1, -0.05) is 0 Å². The van der Waals surface area contributed by atoms with Crippen molar-refractivity contribution in [2.75, 3.05) is 25.5 Å². The predicted molar refractivity (Wildman–Crippen MR) is 116 cm³/mol. The number of likely N-dealkylation sites (tertiary alicyclic amines) is 1. The quantitative estimate of drug-likeness (QED) is 0.544. The summed E-state index contributed by atoms with van der Waals surface area (Å²) in [6.45, 7) is 2.01. The lowest BCUT2D eigenvalue weighted by molar-refractivity contribution is 0.102. The fourth-order valence-corrected chi connectivity index (χ4v) is 3.84. The number of nitrogens with one attached hydrogen (secondary N) is 1. The molecular formula is C22H23N7O2. The standard InChI is InChI=1S/C22H23N7O2/c1-28-5-3-14(4-6-28)22-26-19(13-31-22)21(30)27-20-8-15-7-16(9-23-18(15)11-24-20)17-10-25-29(2)12-17/h7-14H,3-6H2,1-2H3,(H,24,27,30). The molecule has 0 saturated carbocycles. The topological polar surface area (TPSA) is 102 Å². The van der Waals surface area contributed by atoms with Gasteiger partial charge in [-0.2, -0.15) is 5.10 Å². The Labute approximate surface area is 179 Å². The van der Waals surface area contributed by atoms with Crippen molar-refractivity contribution in [3.63, 3.8) is 0 Å². The first-order chi connectivity index (χ1) is 15.0. The van der Waals surface area contributed by atoms with Crippen LogP contribution >= 0.6 is 0 Å². The number of carbonyl (C=O) groups is 1. The van der Waals surface area contributed by atoms with Crippen molar-refractivity contribution in [3.8, 4) is 11.1 Å². The summed E-state index contributed by atoms with van der Waals surface area (Å²) in [5.41, 5.74) is 2.93. The number of fused-ring (bicyclic) bond motifs is 1. The summed E-state index contributed by atoms with van der Waals surface area (Å²) < 4.78 is 7.35. The van der Waals surface area contributed by atoms with Gasteiger partial charge < -0.3 is 14.6 Å². The first-order valence-electron chi connectivity index (χ1n) is 10.3. The van der Waals surface area contributed by atoms with E-state index in [-0.39, 0.29) is 17.5 Å². The van der Waals surface area contributed by atoms with Crippen LogP contribution in [0.5, 0.6) is 0 Å². The Balaban J connectivity index is 1.33. The number of hydrogen-bond donors (Lipinski definition) is 1. The number of piperidine rings is 1. The highest BCUT2D eigenvalue weighted by molar-refractivity contribution is 6.02. The maximum absolute atomic E-state index is 12.7. The van der Waals surface area contributed by atoms with Gasteiger partial charge in [0.2, 0.25) is 0 Å². The number of amides is 1. The second-order valence-electron chi connectivity index (χ2n) is 7.99. The average Bonchev–Trinajstić information content (AvgIpc) is 3.43. The molecule has 0 bridgehead atoms. The Morgan fingerprint density at radius 3 is 2.71 bits per heavy atom. The molecule has 5 rings (SSSR count). The Bertz CT molecular complexity index is 1240. The van der Waals surface area contributed by atoms with Crippen LogP contribution in [0.4, 0.5) is 5.82 Å². The molecule has 1 aliphatic rings. The van der Waals surface area contributed by atoms with Crippen molar-refractivity contribution in [1.29, 1.82) is 0 Å². The summed E-state index contributed by atoms with van der Waals surface area (Å²) in [5.74, 6) is 0.987. The molecule has 1 N–H and O–H groups in total. The monoisotopic (exact) mass is 417 g/mol. The van der Waals surface area contributed by atoms with E-state index >= 15 is 0 Å². The molecule has 1 saturated heterocycles. The molecule has 1 amide bonds. The van der Waals surface area contributed by atoms with Gasteiger partial charge in [-0.25, -0.2) is 9.97 Å². The van der Waals surface area contributed by atoms with Gasteiger partial charge in [-0.05, 0) is 45.1 Å². The number of oxazole rings is 1. The van der Waals surface area contributed by atoms with Gasteiger partial charge in [0.25, 0.3) is 5.91 Å². The van der Waals surface area contributed by atoms with Crippen LogP contribution in [0, 0.1) is 0 Å². The molecule has 0 unspecified atom stereocenters. The lowest BCUT2D eigenvalue weighted by Crippen LogP contribution is -2.29. The zero-order chi connectivity index (χ0) is 21.4. The molecule has 5 heterocycles. The third kappa shape index (κ3) is 4.04. The lowest BCUT2D eigenvalue weighted by atomic mass is 9.97. The molecule has 0 radical (unpaired) electrons. The summed E-state index contributed by atoms with van der Waals surface area (Å²) in [7, 11) is 3.98. The lowest BCUT2D eigenvalue weighted by Gasteiger charge is -2.26. The van der Waals surface area contributed by atoms with Gasteiger partial charge in [0.15, 0.2) is 11.6 Å². The van der Waals surface area contributed by atoms with Gasteiger partial charge in [0.05, 0.1) is 17.9 Å². The molecule has 4 aromatic heterocycles. The van der Waals surface area contributed by atoms with E-state index in [9.17, 15) is 4.79 Å². The molecule has 9 nitrogen and oxygen atoms in total. The third-order valence-corrected chi connectivity index (χ3v) is 5.67. The predicted octanol–water partition coefficient (Wildman–Crippen LogP) is 3.08. The maximum Gasteiger partial charge on any atom is 0.278 e. The third-order valence-electron chi connectivity index (χ3n) is 5.67. The molecule has 31 heavy (non-hydrogen) atoms. The van der Waals surface area contributed by atoms with Gasteiger partial charge in [0.1, 0.15) is 12.1 Å². The Hall–Kier alpha value is -3.59. The first kappa shape index (κ1) is 19.4. The summed E-state index contributed by atoms with van der Waals surface area (Å²) in [6, 6.07) is 3.81. The highest BCUT2D eigenvalue weighted by Gasteiger charge is 2.24. The van der Waals surface area contributed by atoms with Crippen LogP contribution in [0.15, 0.2) is 47.6 Å². The van der Waals surface area contributed by atoms with E-state index in [1.165, 1.54) is 6.26 Å². The van der Waals surface area contributed by atoms with E-state index in [1.807, 2.05) is 19.3 Å². The average molecular weight is 417 g/mol. The smallest absolute Gasteiger partial charge is 0.278 e. The number of aryl methyl sites for hydroxylation is 1. The molecule has 0 spiro atoms. The number of nitrogens with zero attached hydrogens (tertiary/aromatic N) is 6. The normalized spacial score (nSPS) is 15.4. The SMILES string of the molecule is CN1CCC(c2nc(C(=O)Nc3cc4cc(-c5cnn(C)c5)cnc4cn3)co2)CC1. The van der Waals surface area contributed by atoms with Crippen molar-refractivity contribution >= 4 is 22.6 Å². The van der Waals surface area contributed by atoms with Crippen LogP contribution in [0.1, 0.15) is 35.1 Å². The number of rotatable bonds is 4. The van der Waals surface area contributed by atoms with Crippen molar-refractivity contribution in [3.05, 3.63) is 54.8 Å². The van der Waals surface area contributed by atoms with Crippen molar-refractivity contribution in [2.24, 2.45) is 7.05 Å². The van der Waals surface area contributed by atoms with E-state index in [0.717, 1.165) is 48.0 Å². The minimum Gasteiger partial charge on any atom is -0.448 e. The van der Waals surface area contributed by atoms with Crippen LogP contribution in [0.2, 0.25) is 0 Å². The van der Waals surface area contributed by atoms with E-state index in [1.54, 1.807) is 29.3 Å². The van der Waals surface area contributed by atoms with Gasteiger partial charge in [-0.15, -0.1) is 0 Å². The van der Waals surface area contributed by atoms with Crippen LogP contribution in [-0.2, 0) is 7.05 Å². The van der Waals surface area contributed by atoms with Gasteiger partial charge in [0, 0.05) is 41.9 Å². The number of hydrogen-bond acceptors (Lipinski definition) is 7. The first-order valence-corrected chi connectivity index (χ1v) is 10.3. The molecule has 1 fully saturated rings. The zero-order valence-corrected chi connectivity index (χ0v) is 17.4. The maximum atomic E-state index is 12.7. The van der Waals surface area contributed by atoms with Crippen LogP contribution in [0.3, 0.4) is 0 Å². The second kappa shape index (κ2) is 7.92. The minimum absolute atomic E-state index is 0.258. The zero-order valence-electron chi connectivity index (χ0n) is 17.4. The van der Waals surface area contributed by atoms with Crippen LogP contribution in [-0.4, -0.2) is 55.7 Å². The van der Waals surface area contributed by atoms with E-state index in [4.69, 9.17) is 4.42 Å². The number of aromatic nitrogens is 5. The number of pyridine rings is 2. The largest absolute Gasteiger partial charge is 0.448 e. The summed E-state index contributed by atoms with van der Waals surface area (Å²) >= 11 is 0. The molecule has 4 aromatic rings. The minimum atomic E-state index is -0.342. The summed E-state index contributed by atoms with van der Waals surface area (Å²) in [4.78, 5) is 28.2. The fourth-order valence-electron chi connectivity index (χ4n) is 3.84. The molecule has 158 valence electrons. The molecule has 0 atom stereocenters. The summed E-state index contributed by atoms with van der Waals surface area (Å²) in [5, 5.41) is 7.89. The Morgan fingerprint density at radius 2 is 1.94 bits per heavy atom. The molecule has 9 heteroatoms. The molecule has 0 aromatic carbocycles. The highest BCUT2D eigenvalue weighted by Crippen LogP contribution is 2.27. The Morgan fingerprint density at radius 1 is 1.10 bits per heavy atom. The van der Waals surface area contributed by atoms with E-state index < -0.39 is 0 Å². The Kier molecular flexibility index (Phi) is 4.95. The van der Waals surface area contributed by atoms with Crippen molar-refractivity contribution < 1.29 is 9.21 Å². The number of anilines is 1. The molecule has 1 aliphatic heterocycles. The van der Waals surface area contributed by atoms with Crippen molar-refractivity contribution in [2.45, 2.75) is 18.8 Å². The second-order valence-corrected chi connectivity index (χ2v) is 7.99. The van der Waals surface area contributed by atoms with E-state index in [2.05, 4.69) is 37.3 Å². The number of carbonyl (C=O) groups excluding carboxylic acids is 1. The fraction of sp³-hybridized carbons (Fsp3) is 0.318. The van der Waals surface area contributed by atoms with Gasteiger partial charge >= 0.3 is 0 Å². The van der Waals surface area contributed by atoms with E-state index in [0.29, 0.717) is 11.7 Å². The van der Waals surface area contributed by atoms with Crippen molar-refractivity contribution in [1.82, 2.24) is 29.6 Å². The van der Waals surface area contributed by atoms with Crippen LogP contribution in [0.25, 0.3) is 22.0 Å².